The molecule has 1 aromatic carbocycles. The lowest BCUT2D eigenvalue weighted by atomic mass is 10.2. The minimum Gasteiger partial charge on any atom is -0.383 e. The molecule has 0 saturated carbocycles. The van der Waals surface area contributed by atoms with Crippen molar-refractivity contribution in [3.05, 3.63) is 23.9 Å². The lowest BCUT2D eigenvalue weighted by molar-refractivity contribution is 0.185. The zero-order chi connectivity index (χ0) is 14.8. The average molecular weight is 299 g/mol. The molecule has 20 heavy (non-hydrogen) atoms. The zero-order valence-corrected chi connectivity index (χ0v) is 12.4. The van der Waals surface area contributed by atoms with Gasteiger partial charge in [0.2, 0.25) is 0 Å². The van der Waals surface area contributed by atoms with Crippen LogP contribution in [0, 0.1) is 6.92 Å². The molecule has 7 nitrogen and oxygen atoms in total. The summed E-state index contributed by atoms with van der Waals surface area (Å²) in [6.45, 7) is 2.43. The summed E-state index contributed by atoms with van der Waals surface area (Å²) in [6.07, 6.45) is 0. The number of hydrogen-bond donors (Lipinski definition) is 1. The van der Waals surface area contributed by atoms with Crippen LogP contribution in [0.4, 0.5) is 5.69 Å². The number of benzene rings is 1. The van der Waals surface area contributed by atoms with Crippen LogP contribution in [0.1, 0.15) is 5.69 Å². The maximum absolute atomic E-state index is 12.1. The molecule has 0 unspecified atom stereocenters. The Balaban J connectivity index is 2.18. The van der Waals surface area contributed by atoms with Gasteiger partial charge in [0.05, 0.1) is 18.0 Å². The Hall–Kier alpha value is -1.64. The molecule has 110 valence electrons. The van der Waals surface area contributed by atoms with Gasteiger partial charge in [-0.15, -0.1) is 0 Å². The summed E-state index contributed by atoms with van der Waals surface area (Å²) in [6, 6.07) is 5.06. The first-order chi connectivity index (χ1) is 9.44. The van der Waals surface area contributed by atoms with Crippen molar-refractivity contribution in [1.82, 2.24) is 9.46 Å². The Kier molecular flexibility index (Phi) is 4.26. The van der Waals surface area contributed by atoms with Crippen LogP contribution >= 0.6 is 0 Å². The van der Waals surface area contributed by atoms with E-state index in [0.717, 1.165) is 11.1 Å². The second kappa shape index (κ2) is 5.78. The number of fused-ring (bicyclic) bond motifs is 1. The van der Waals surface area contributed by atoms with Crippen molar-refractivity contribution in [2.45, 2.75) is 6.92 Å². The summed E-state index contributed by atoms with van der Waals surface area (Å²) in [5.41, 5.74) is 1.74. The molecule has 2 aromatic rings. The van der Waals surface area contributed by atoms with E-state index < -0.39 is 10.2 Å². The van der Waals surface area contributed by atoms with Crippen molar-refractivity contribution in [2.24, 2.45) is 0 Å². The number of rotatable bonds is 6. The van der Waals surface area contributed by atoms with E-state index in [1.807, 2.05) is 6.92 Å². The van der Waals surface area contributed by atoms with Crippen molar-refractivity contribution >= 4 is 26.9 Å². The number of aromatic nitrogens is 1. The van der Waals surface area contributed by atoms with Gasteiger partial charge in [-0.1, -0.05) is 5.16 Å². The van der Waals surface area contributed by atoms with Gasteiger partial charge in [-0.3, -0.25) is 4.72 Å². The number of anilines is 1. The number of methoxy groups -OCH3 is 1. The molecule has 0 aliphatic carbocycles. The highest BCUT2D eigenvalue weighted by molar-refractivity contribution is 7.90. The van der Waals surface area contributed by atoms with E-state index in [-0.39, 0.29) is 6.54 Å². The predicted octanol–water partition coefficient (Wildman–Crippen LogP) is 1.37. The molecule has 0 atom stereocenters. The van der Waals surface area contributed by atoms with Crippen molar-refractivity contribution < 1.29 is 17.7 Å². The molecular formula is C12H17N3O4S. The van der Waals surface area contributed by atoms with Crippen LogP contribution in [0.2, 0.25) is 0 Å². The highest BCUT2D eigenvalue weighted by Crippen LogP contribution is 2.22. The normalized spacial score (nSPS) is 12.2. The van der Waals surface area contributed by atoms with Crippen LogP contribution in [0.3, 0.4) is 0 Å². The summed E-state index contributed by atoms with van der Waals surface area (Å²) in [7, 11) is -0.600. The van der Waals surface area contributed by atoms with Crippen LogP contribution in [-0.4, -0.2) is 45.2 Å². The molecule has 0 saturated heterocycles. The number of likely N-dealkylation sites (N-methyl/N-ethyl adjacent to an activating group) is 1. The molecule has 1 heterocycles. The SMILES string of the molecule is COCCN(C)S(=O)(=O)Nc1ccc2c(C)noc2c1. The standard InChI is InChI=1S/C12H17N3O4S/c1-9-11-5-4-10(8-12(11)19-13-9)14-20(16,17)15(2)6-7-18-3/h4-5,8,14H,6-7H2,1-3H3. The molecule has 0 aliphatic rings. The van der Waals surface area contributed by atoms with Crippen LogP contribution in [-0.2, 0) is 14.9 Å². The van der Waals surface area contributed by atoms with E-state index in [1.54, 1.807) is 18.2 Å². The fourth-order valence-electron chi connectivity index (χ4n) is 1.69. The minimum absolute atomic E-state index is 0.273. The monoisotopic (exact) mass is 299 g/mol. The predicted molar refractivity (Wildman–Crippen MR) is 75.8 cm³/mol. The molecule has 0 bridgehead atoms. The lowest BCUT2D eigenvalue weighted by Gasteiger charge is -2.17. The fraction of sp³-hybridized carbons (Fsp3) is 0.417. The Morgan fingerprint density at radius 3 is 2.90 bits per heavy atom. The van der Waals surface area contributed by atoms with Crippen molar-refractivity contribution in [2.75, 3.05) is 32.0 Å². The summed E-state index contributed by atoms with van der Waals surface area (Å²) in [5, 5.41) is 4.69. The van der Waals surface area contributed by atoms with Crippen molar-refractivity contribution in [1.29, 1.82) is 0 Å². The van der Waals surface area contributed by atoms with E-state index in [4.69, 9.17) is 9.26 Å². The van der Waals surface area contributed by atoms with E-state index in [1.165, 1.54) is 18.5 Å². The van der Waals surface area contributed by atoms with Gasteiger partial charge in [0.1, 0.15) is 0 Å². The second-order valence-corrected chi connectivity index (χ2v) is 6.18. The molecule has 8 heteroatoms. The van der Waals surface area contributed by atoms with Crippen LogP contribution in [0.25, 0.3) is 11.0 Å². The zero-order valence-electron chi connectivity index (χ0n) is 11.6. The Morgan fingerprint density at radius 2 is 2.20 bits per heavy atom. The summed E-state index contributed by atoms with van der Waals surface area (Å²) < 4.78 is 37.8. The number of nitrogens with zero attached hydrogens (tertiary/aromatic N) is 2. The van der Waals surface area contributed by atoms with E-state index in [9.17, 15) is 8.42 Å². The van der Waals surface area contributed by atoms with Gasteiger partial charge in [-0.2, -0.15) is 12.7 Å². The summed E-state index contributed by atoms with van der Waals surface area (Å²) in [5.74, 6) is 0. The highest BCUT2D eigenvalue weighted by atomic mass is 32.2. The maximum Gasteiger partial charge on any atom is 0.301 e. The third kappa shape index (κ3) is 3.09. The largest absolute Gasteiger partial charge is 0.383 e. The lowest BCUT2D eigenvalue weighted by Crippen LogP contribution is -2.34. The van der Waals surface area contributed by atoms with E-state index >= 15 is 0 Å². The highest BCUT2D eigenvalue weighted by Gasteiger charge is 2.17. The number of hydrogen-bond acceptors (Lipinski definition) is 5. The number of aryl methyl sites for hydroxylation is 1. The molecule has 0 amide bonds. The van der Waals surface area contributed by atoms with Crippen molar-refractivity contribution in [3.63, 3.8) is 0 Å². The number of nitrogens with one attached hydrogen (secondary N) is 1. The van der Waals surface area contributed by atoms with Crippen molar-refractivity contribution in [3.8, 4) is 0 Å². The van der Waals surface area contributed by atoms with Gasteiger partial charge in [0.25, 0.3) is 0 Å². The van der Waals surface area contributed by atoms with E-state index in [2.05, 4.69) is 9.88 Å². The molecular weight excluding hydrogens is 282 g/mol. The summed E-state index contributed by atoms with van der Waals surface area (Å²) >= 11 is 0. The quantitative estimate of drug-likeness (QED) is 0.871. The summed E-state index contributed by atoms with van der Waals surface area (Å²) in [4.78, 5) is 0. The molecule has 2 rings (SSSR count). The molecule has 0 spiro atoms. The third-order valence-electron chi connectivity index (χ3n) is 2.92. The van der Waals surface area contributed by atoms with Gasteiger partial charge in [0.15, 0.2) is 5.58 Å². The van der Waals surface area contributed by atoms with Gasteiger partial charge in [0, 0.05) is 32.2 Å². The Morgan fingerprint density at radius 1 is 1.45 bits per heavy atom. The maximum atomic E-state index is 12.1. The van der Waals surface area contributed by atoms with Gasteiger partial charge >= 0.3 is 10.2 Å². The average Bonchev–Trinajstić information content (AvgIpc) is 2.76. The van der Waals surface area contributed by atoms with E-state index in [0.29, 0.717) is 17.9 Å². The van der Waals surface area contributed by atoms with Gasteiger partial charge < -0.3 is 9.26 Å². The number of ether oxygens (including phenoxy) is 1. The smallest absolute Gasteiger partial charge is 0.301 e. The molecule has 1 aromatic heterocycles. The Labute approximate surface area is 117 Å². The topological polar surface area (TPSA) is 84.7 Å². The first kappa shape index (κ1) is 14.8. The molecule has 0 fully saturated rings. The molecule has 0 aliphatic heterocycles. The fourth-order valence-corrected chi connectivity index (χ4v) is 2.59. The molecule has 0 radical (unpaired) electrons. The third-order valence-corrected chi connectivity index (χ3v) is 4.42. The van der Waals surface area contributed by atoms with Crippen LogP contribution in [0.15, 0.2) is 22.7 Å². The van der Waals surface area contributed by atoms with Crippen LogP contribution < -0.4 is 4.72 Å². The first-order valence-corrected chi connectivity index (χ1v) is 7.47. The van der Waals surface area contributed by atoms with Gasteiger partial charge in [-0.05, 0) is 19.1 Å². The first-order valence-electron chi connectivity index (χ1n) is 6.03. The minimum atomic E-state index is -3.61. The Bertz CT molecular complexity index is 696. The van der Waals surface area contributed by atoms with Crippen LogP contribution in [0.5, 0.6) is 0 Å². The second-order valence-electron chi connectivity index (χ2n) is 4.40. The van der Waals surface area contributed by atoms with Gasteiger partial charge in [-0.25, -0.2) is 0 Å². The molecule has 1 N–H and O–H groups in total.